The molecule has 0 atom stereocenters. The van der Waals surface area contributed by atoms with Crippen molar-refractivity contribution in [3.8, 4) is 0 Å². The zero-order valence-corrected chi connectivity index (χ0v) is 9.72. The molecule has 1 aromatic heterocycles. The Morgan fingerprint density at radius 3 is 2.93 bits per heavy atom. The van der Waals surface area contributed by atoms with Gasteiger partial charge in [0.2, 0.25) is 5.95 Å². The fourth-order valence-electron chi connectivity index (χ4n) is 1.40. The van der Waals surface area contributed by atoms with E-state index in [1.165, 1.54) is 0 Å². The average molecular weight is 246 g/mol. The largest absolute Gasteiger partial charge is 0.381 e. The summed E-state index contributed by atoms with van der Waals surface area (Å²) >= 11 is 7.65. The standard InChI is InChI=1S/C9H12ClN3OS/c10-7-5-12-9(11)13-8(7)15-6-1-3-14-4-2-6/h5-6H,1-4H2,(H2,11,12,13). The molecular weight excluding hydrogens is 234 g/mol. The van der Waals surface area contributed by atoms with Crippen molar-refractivity contribution in [2.75, 3.05) is 18.9 Å². The molecule has 0 aliphatic carbocycles. The fraction of sp³-hybridized carbons (Fsp3) is 0.556. The molecule has 82 valence electrons. The van der Waals surface area contributed by atoms with Crippen LogP contribution >= 0.6 is 23.4 Å². The van der Waals surface area contributed by atoms with E-state index in [0.29, 0.717) is 10.3 Å². The van der Waals surface area contributed by atoms with E-state index < -0.39 is 0 Å². The number of nitrogens with zero attached hydrogens (tertiary/aromatic N) is 2. The molecule has 6 heteroatoms. The first kappa shape index (κ1) is 11.0. The van der Waals surface area contributed by atoms with Gasteiger partial charge in [-0.3, -0.25) is 0 Å². The molecule has 2 rings (SSSR count). The maximum absolute atomic E-state index is 5.98. The van der Waals surface area contributed by atoms with Crippen molar-refractivity contribution in [1.29, 1.82) is 0 Å². The van der Waals surface area contributed by atoms with E-state index in [4.69, 9.17) is 22.1 Å². The van der Waals surface area contributed by atoms with Crippen molar-refractivity contribution in [2.24, 2.45) is 0 Å². The summed E-state index contributed by atoms with van der Waals surface area (Å²) in [5.74, 6) is 0.272. The highest BCUT2D eigenvalue weighted by molar-refractivity contribution is 8.00. The second-order valence-corrected chi connectivity index (χ2v) is 5.01. The normalized spacial score (nSPS) is 17.9. The summed E-state index contributed by atoms with van der Waals surface area (Å²) in [5, 5.41) is 1.86. The van der Waals surface area contributed by atoms with Gasteiger partial charge in [-0.15, -0.1) is 11.8 Å². The number of aromatic nitrogens is 2. The lowest BCUT2D eigenvalue weighted by Gasteiger charge is -2.21. The fourth-order valence-corrected chi connectivity index (χ4v) is 2.68. The van der Waals surface area contributed by atoms with Gasteiger partial charge in [0, 0.05) is 18.5 Å². The molecule has 2 N–H and O–H groups in total. The minimum atomic E-state index is 0.272. The molecular formula is C9H12ClN3OS. The predicted octanol–water partition coefficient (Wildman–Crippen LogP) is 1.98. The first-order valence-corrected chi connectivity index (χ1v) is 6.04. The third-order valence-electron chi connectivity index (χ3n) is 2.18. The second-order valence-electron chi connectivity index (χ2n) is 3.31. The number of ether oxygens (including phenoxy) is 1. The SMILES string of the molecule is Nc1ncc(Cl)c(SC2CCOCC2)n1. The molecule has 1 fully saturated rings. The number of nitrogens with two attached hydrogens (primary N) is 1. The van der Waals surface area contributed by atoms with Gasteiger partial charge in [0.1, 0.15) is 5.03 Å². The third-order valence-corrected chi connectivity index (χ3v) is 3.91. The van der Waals surface area contributed by atoms with Crippen LogP contribution in [0, 0.1) is 0 Å². The van der Waals surface area contributed by atoms with E-state index in [9.17, 15) is 0 Å². The van der Waals surface area contributed by atoms with Crippen molar-refractivity contribution in [1.82, 2.24) is 9.97 Å². The summed E-state index contributed by atoms with van der Waals surface area (Å²) in [6.45, 7) is 1.63. The van der Waals surface area contributed by atoms with E-state index in [1.54, 1.807) is 18.0 Å². The van der Waals surface area contributed by atoms with Crippen molar-refractivity contribution < 1.29 is 4.74 Å². The van der Waals surface area contributed by atoms with E-state index in [0.717, 1.165) is 31.1 Å². The lowest BCUT2D eigenvalue weighted by atomic mass is 10.2. The number of hydrogen-bond acceptors (Lipinski definition) is 5. The zero-order valence-electron chi connectivity index (χ0n) is 8.15. The smallest absolute Gasteiger partial charge is 0.221 e. The average Bonchev–Trinajstić information content (AvgIpc) is 2.25. The molecule has 0 saturated carbocycles. The molecule has 1 aliphatic rings. The van der Waals surface area contributed by atoms with E-state index >= 15 is 0 Å². The van der Waals surface area contributed by atoms with Crippen LogP contribution in [0.2, 0.25) is 5.02 Å². The maximum Gasteiger partial charge on any atom is 0.221 e. The third kappa shape index (κ3) is 2.96. The summed E-state index contributed by atoms with van der Waals surface area (Å²) in [4.78, 5) is 7.95. The summed E-state index contributed by atoms with van der Waals surface area (Å²) in [6.07, 6.45) is 3.61. The molecule has 4 nitrogen and oxygen atoms in total. The summed E-state index contributed by atoms with van der Waals surface area (Å²) < 4.78 is 5.29. The summed E-state index contributed by atoms with van der Waals surface area (Å²) in [6, 6.07) is 0. The van der Waals surface area contributed by atoms with Gasteiger partial charge in [-0.05, 0) is 12.8 Å². The van der Waals surface area contributed by atoms with Crippen LogP contribution in [-0.2, 0) is 4.74 Å². The summed E-state index contributed by atoms with van der Waals surface area (Å²) in [5.41, 5.74) is 5.51. The van der Waals surface area contributed by atoms with E-state index in [-0.39, 0.29) is 5.95 Å². The number of halogens is 1. The Hall–Kier alpha value is -0.520. The van der Waals surface area contributed by atoms with Crippen molar-refractivity contribution in [2.45, 2.75) is 23.1 Å². The van der Waals surface area contributed by atoms with Crippen LogP contribution in [0.5, 0.6) is 0 Å². The van der Waals surface area contributed by atoms with Gasteiger partial charge in [0.05, 0.1) is 11.2 Å². The Labute approximate surface area is 97.6 Å². The van der Waals surface area contributed by atoms with E-state index in [1.807, 2.05) is 0 Å². The quantitative estimate of drug-likeness (QED) is 0.808. The molecule has 0 amide bonds. The van der Waals surface area contributed by atoms with Gasteiger partial charge in [0.25, 0.3) is 0 Å². The monoisotopic (exact) mass is 245 g/mol. The number of rotatable bonds is 2. The van der Waals surface area contributed by atoms with Crippen molar-refractivity contribution >= 4 is 29.3 Å². The zero-order chi connectivity index (χ0) is 10.7. The highest BCUT2D eigenvalue weighted by Gasteiger charge is 2.17. The summed E-state index contributed by atoms with van der Waals surface area (Å²) in [7, 11) is 0. The Morgan fingerprint density at radius 2 is 2.20 bits per heavy atom. The molecule has 0 aromatic carbocycles. The minimum Gasteiger partial charge on any atom is -0.381 e. The molecule has 1 aliphatic heterocycles. The van der Waals surface area contributed by atoms with Crippen molar-refractivity contribution in [3.05, 3.63) is 11.2 Å². The van der Waals surface area contributed by atoms with Crippen LogP contribution in [0.4, 0.5) is 5.95 Å². The van der Waals surface area contributed by atoms with Gasteiger partial charge in [-0.25, -0.2) is 9.97 Å². The Kier molecular flexibility index (Phi) is 3.66. The lowest BCUT2D eigenvalue weighted by Crippen LogP contribution is -2.17. The molecule has 0 bridgehead atoms. The first-order valence-electron chi connectivity index (χ1n) is 4.78. The van der Waals surface area contributed by atoms with Crippen LogP contribution in [0.25, 0.3) is 0 Å². The predicted molar refractivity (Wildman–Crippen MR) is 61.2 cm³/mol. The highest BCUT2D eigenvalue weighted by Crippen LogP contribution is 2.32. The highest BCUT2D eigenvalue weighted by atomic mass is 35.5. The van der Waals surface area contributed by atoms with Gasteiger partial charge in [-0.1, -0.05) is 11.6 Å². The molecule has 0 unspecified atom stereocenters. The Bertz CT molecular complexity index is 344. The second kappa shape index (κ2) is 5.01. The van der Waals surface area contributed by atoms with Crippen LogP contribution in [0.1, 0.15) is 12.8 Å². The number of anilines is 1. The maximum atomic E-state index is 5.98. The molecule has 1 saturated heterocycles. The van der Waals surface area contributed by atoms with Crippen molar-refractivity contribution in [3.63, 3.8) is 0 Å². The van der Waals surface area contributed by atoms with Crippen LogP contribution in [0.3, 0.4) is 0 Å². The molecule has 15 heavy (non-hydrogen) atoms. The van der Waals surface area contributed by atoms with Gasteiger partial charge in [0.15, 0.2) is 0 Å². The van der Waals surface area contributed by atoms with Crippen LogP contribution in [0.15, 0.2) is 11.2 Å². The van der Waals surface area contributed by atoms with Gasteiger partial charge >= 0.3 is 0 Å². The van der Waals surface area contributed by atoms with Gasteiger partial charge < -0.3 is 10.5 Å². The molecule has 0 radical (unpaired) electrons. The topological polar surface area (TPSA) is 61.0 Å². The number of nitrogen functional groups attached to an aromatic ring is 1. The van der Waals surface area contributed by atoms with E-state index in [2.05, 4.69) is 9.97 Å². The number of thioether (sulfide) groups is 1. The Balaban J connectivity index is 2.05. The number of hydrogen-bond donors (Lipinski definition) is 1. The van der Waals surface area contributed by atoms with Crippen LogP contribution < -0.4 is 5.73 Å². The molecule has 1 aromatic rings. The minimum absolute atomic E-state index is 0.272. The molecule has 0 spiro atoms. The van der Waals surface area contributed by atoms with Crippen LogP contribution in [-0.4, -0.2) is 28.4 Å². The lowest BCUT2D eigenvalue weighted by molar-refractivity contribution is 0.1000. The van der Waals surface area contributed by atoms with Gasteiger partial charge in [-0.2, -0.15) is 0 Å². The first-order chi connectivity index (χ1) is 7.25. The Morgan fingerprint density at radius 1 is 1.47 bits per heavy atom. The molecule has 2 heterocycles.